The first kappa shape index (κ1) is 20.8. The van der Waals surface area contributed by atoms with Crippen molar-refractivity contribution in [3.63, 3.8) is 0 Å². The predicted octanol–water partition coefficient (Wildman–Crippen LogP) is 6.34. The van der Waals surface area contributed by atoms with E-state index < -0.39 is 0 Å². The average molecular weight is 547 g/mol. The first-order valence-electron chi connectivity index (χ1n) is 8.99. The third-order valence-electron chi connectivity index (χ3n) is 4.42. The number of nitrogens with one attached hydrogen (secondary N) is 3. The average Bonchev–Trinajstić information content (AvgIpc) is 3.14. The summed E-state index contributed by atoms with van der Waals surface area (Å²) in [5, 5.41) is 20.3. The second-order valence-electron chi connectivity index (χ2n) is 6.28. The van der Waals surface area contributed by atoms with Gasteiger partial charge in [-0.2, -0.15) is 0 Å². The van der Waals surface area contributed by atoms with E-state index in [4.69, 9.17) is 22.1 Å². The van der Waals surface area contributed by atoms with Crippen LogP contribution in [0, 0.1) is 5.41 Å². The number of allylic oxidation sites excluding steroid dienone is 1. The number of anilines is 2. The molecule has 9 heteroatoms. The Morgan fingerprint density at radius 2 is 1.87 bits per heavy atom. The molecule has 0 amide bonds. The van der Waals surface area contributed by atoms with Gasteiger partial charge in [0.2, 0.25) is 0 Å². The van der Waals surface area contributed by atoms with E-state index in [0.717, 1.165) is 33.5 Å². The maximum absolute atomic E-state index is 7.62. The van der Waals surface area contributed by atoms with E-state index in [9.17, 15) is 0 Å². The standard InChI is InChI=1S/C21H17ClIN6P/c22-19-6-3-7-20(27-19)29-18-5-2-1-4-17(18)21(28-29)26-16-10-8-14(9-11-16)15(12-24)13-25-30-23/h1-13,24-25,30H,(H,26,28)/b15-13+,24-12?. The minimum absolute atomic E-state index is 0.421. The number of fused-ring (bicyclic) bond motifs is 1. The van der Waals surface area contributed by atoms with Crippen molar-refractivity contribution in [2.75, 3.05) is 5.32 Å². The number of nitrogens with zero attached hydrogens (tertiary/aromatic N) is 3. The number of para-hydroxylation sites is 1. The van der Waals surface area contributed by atoms with Crippen molar-refractivity contribution in [2.45, 2.75) is 0 Å². The van der Waals surface area contributed by atoms with E-state index in [2.05, 4.69) is 37.4 Å². The summed E-state index contributed by atoms with van der Waals surface area (Å²) in [4.78, 5) is 4.38. The number of halogens is 2. The summed E-state index contributed by atoms with van der Waals surface area (Å²) in [6, 6.07) is 21.4. The van der Waals surface area contributed by atoms with Crippen LogP contribution in [0.1, 0.15) is 5.56 Å². The second kappa shape index (κ2) is 9.55. The summed E-state index contributed by atoms with van der Waals surface area (Å²) in [7, 11) is 0. The van der Waals surface area contributed by atoms with Gasteiger partial charge in [-0.3, -0.25) is 0 Å². The number of hydrogen-bond acceptors (Lipinski definition) is 5. The zero-order chi connectivity index (χ0) is 20.9. The summed E-state index contributed by atoms with van der Waals surface area (Å²) in [5.74, 6) is 1.39. The Hall–Kier alpha value is -2.48. The first-order valence-corrected chi connectivity index (χ1v) is 13.5. The quantitative estimate of drug-likeness (QED) is 0.109. The van der Waals surface area contributed by atoms with Crippen molar-refractivity contribution < 1.29 is 0 Å². The molecule has 150 valence electrons. The molecule has 0 aliphatic heterocycles. The lowest BCUT2D eigenvalue weighted by atomic mass is 10.1. The highest BCUT2D eigenvalue weighted by molar-refractivity contribution is 14.2. The minimum Gasteiger partial charge on any atom is -0.364 e. The summed E-state index contributed by atoms with van der Waals surface area (Å²) in [5.41, 5.74) is 3.64. The molecule has 30 heavy (non-hydrogen) atoms. The van der Waals surface area contributed by atoms with Gasteiger partial charge in [0.1, 0.15) is 5.15 Å². The van der Waals surface area contributed by atoms with Crippen LogP contribution in [-0.2, 0) is 0 Å². The molecule has 0 aliphatic rings. The Labute approximate surface area is 193 Å². The SMILES string of the molecule is N=C/C(=C\NPI)c1ccc(Nc2nn(-c3cccc(Cl)n3)c3ccccc23)cc1. The molecule has 6 nitrogen and oxygen atoms in total. The van der Waals surface area contributed by atoms with Crippen LogP contribution in [0.3, 0.4) is 0 Å². The largest absolute Gasteiger partial charge is 0.364 e. The van der Waals surface area contributed by atoms with Gasteiger partial charge in [0, 0.05) is 35.4 Å². The molecule has 3 N–H and O–H groups in total. The summed E-state index contributed by atoms with van der Waals surface area (Å²) < 4.78 is 1.78. The van der Waals surface area contributed by atoms with Gasteiger partial charge in [-0.1, -0.05) is 41.9 Å². The van der Waals surface area contributed by atoms with Crippen molar-refractivity contribution in [3.8, 4) is 5.82 Å². The van der Waals surface area contributed by atoms with Gasteiger partial charge in [-0.05, 0) is 64.0 Å². The Balaban J connectivity index is 1.67. The van der Waals surface area contributed by atoms with Crippen molar-refractivity contribution in [2.24, 2.45) is 0 Å². The van der Waals surface area contributed by atoms with Crippen LogP contribution in [0.2, 0.25) is 5.15 Å². The van der Waals surface area contributed by atoms with Crippen molar-refractivity contribution >= 4 is 74.2 Å². The molecule has 0 radical (unpaired) electrons. The first-order chi connectivity index (χ1) is 14.7. The molecule has 2 heterocycles. The highest BCUT2D eigenvalue weighted by Crippen LogP contribution is 2.28. The van der Waals surface area contributed by atoms with Crippen LogP contribution in [0.15, 0.2) is 72.9 Å². The molecule has 0 spiro atoms. The normalized spacial score (nSPS) is 11.9. The van der Waals surface area contributed by atoms with Gasteiger partial charge in [-0.15, -0.1) is 5.10 Å². The molecule has 0 fully saturated rings. The third-order valence-corrected chi connectivity index (χ3v) is 5.82. The van der Waals surface area contributed by atoms with E-state index in [-0.39, 0.29) is 0 Å². The number of hydrogen-bond donors (Lipinski definition) is 3. The topological polar surface area (TPSA) is 78.6 Å². The highest BCUT2D eigenvalue weighted by Gasteiger charge is 2.13. The summed E-state index contributed by atoms with van der Waals surface area (Å²) >= 11 is 8.33. The second-order valence-corrected chi connectivity index (χ2v) is 8.76. The molecule has 1 atom stereocenters. The lowest BCUT2D eigenvalue weighted by Crippen LogP contribution is -2.00. The molecule has 2 aromatic carbocycles. The predicted molar refractivity (Wildman–Crippen MR) is 136 cm³/mol. The van der Waals surface area contributed by atoms with Crippen molar-refractivity contribution in [1.82, 2.24) is 19.9 Å². The van der Waals surface area contributed by atoms with Crippen LogP contribution >= 0.6 is 40.0 Å². The third kappa shape index (κ3) is 4.48. The van der Waals surface area contributed by atoms with Gasteiger partial charge < -0.3 is 15.8 Å². The van der Waals surface area contributed by atoms with Gasteiger partial charge in [0.25, 0.3) is 0 Å². The molecular formula is C21H17ClIN6P. The summed E-state index contributed by atoms with van der Waals surface area (Å²) in [6.07, 6.45) is 3.76. The molecule has 4 rings (SSSR count). The van der Waals surface area contributed by atoms with Gasteiger partial charge in [-0.25, -0.2) is 9.67 Å². The Morgan fingerprint density at radius 1 is 1.07 bits per heavy atom. The molecule has 2 aromatic heterocycles. The molecule has 4 aromatic rings. The van der Waals surface area contributed by atoms with Crippen LogP contribution < -0.4 is 10.4 Å². The van der Waals surface area contributed by atoms with Crippen LogP contribution in [-0.4, -0.2) is 21.0 Å². The maximum atomic E-state index is 7.62. The van der Waals surface area contributed by atoms with E-state index in [1.54, 1.807) is 10.7 Å². The Bertz CT molecular complexity index is 1220. The van der Waals surface area contributed by atoms with Crippen LogP contribution in [0.4, 0.5) is 11.5 Å². The lowest BCUT2D eigenvalue weighted by molar-refractivity contribution is 0.878. The number of benzene rings is 2. The fourth-order valence-corrected chi connectivity index (χ4v) is 3.88. The van der Waals surface area contributed by atoms with Crippen molar-refractivity contribution in [1.29, 1.82) is 5.41 Å². The highest BCUT2D eigenvalue weighted by atomic mass is 127. The lowest BCUT2D eigenvalue weighted by Gasteiger charge is -2.07. The van der Waals surface area contributed by atoms with Gasteiger partial charge in [0.15, 0.2) is 11.6 Å². The molecule has 0 aliphatic carbocycles. The molecule has 1 unspecified atom stereocenters. The van der Waals surface area contributed by atoms with Gasteiger partial charge in [0.05, 0.1) is 5.52 Å². The number of rotatable bonds is 7. The van der Waals surface area contributed by atoms with Gasteiger partial charge >= 0.3 is 0 Å². The zero-order valence-corrected chi connectivity index (χ0v) is 19.5. The van der Waals surface area contributed by atoms with Crippen LogP contribution in [0.5, 0.6) is 0 Å². The van der Waals surface area contributed by atoms with E-state index in [1.807, 2.05) is 66.9 Å². The minimum atomic E-state index is 0.421. The number of aromatic nitrogens is 3. The Kier molecular flexibility index (Phi) is 6.62. The van der Waals surface area contributed by atoms with Crippen LogP contribution in [0.25, 0.3) is 22.3 Å². The number of pyridine rings is 1. The smallest absolute Gasteiger partial charge is 0.160 e. The maximum Gasteiger partial charge on any atom is 0.160 e. The van der Waals surface area contributed by atoms with E-state index >= 15 is 0 Å². The monoisotopic (exact) mass is 546 g/mol. The Morgan fingerprint density at radius 3 is 2.60 bits per heavy atom. The van der Waals surface area contributed by atoms with Crippen molar-refractivity contribution in [3.05, 3.63) is 83.6 Å². The molecule has 0 saturated carbocycles. The molecular weight excluding hydrogens is 530 g/mol. The molecule has 0 saturated heterocycles. The molecule has 0 bridgehead atoms. The van der Waals surface area contributed by atoms with E-state index in [0.29, 0.717) is 17.3 Å². The fourth-order valence-electron chi connectivity index (χ4n) is 3.04. The fraction of sp³-hybridized carbons (Fsp3) is 0. The van der Waals surface area contributed by atoms with E-state index in [1.165, 1.54) is 6.21 Å². The summed E-state index contributed by atoms with van der Waals surface area (Å²) in [6.45, 7) is 0. The zero-order valence-electron chi connectivity index (χ0n) is 15.6.